The maximum atomic E-state index is 10.8. The molecule has 0 bridgehead atoms. The molecule has 0 aliphatic rings. The number of hydrogen-bond acceptors (Lipinski definition) is 5. The zero-order valence-corrected chi connectivity index (χ0v) is 9.38. The maximum Gasteiger partial charge on any atom is 0.358 e. The molecule has 1 unspecified atom stereocenters. The van der Waals surface area contributed by atoms with Crippen molar-refractivity contribution in [3.63, 3.8) is 0 Å². The van der Waals surface area contributed by atoms with Gasteiger partial charge in [0.05, 0.1) is 11.7 Å². The molecule has 1 heterocycles. The molecular weight excluding hydrogens is 212 g/mol. The largest absolute Gasteiger partial charge is 0.476 e. The van der Waals surface area contributed by atoms with Crippen molar-refractivity contribution < 1.29 is 14.6 Å². The van der Waals surface area contributed by atoms with Gasteiger partial charge in [-0.25, -0.2) is 9.48 Å². The Hall–Kier alpha value is -1.47. The Bertz CT molecular complexity index is 364. The van der Waals surface area contributed by atoms with Crippen molar-refractivity contribution in [1.82, 2.24) is 15.0 Å². The second-order valence-corrected chi connectivity index (χ2v) is 3.47. The Morgan fingerprint density at radius 2 is 2.38 bits per heavy atom. The predicted octanol–water partition coefficient (Wildman–Crippen LogP) is 0.0325. The highest BCUT2D eigenvalue weighted by atomic mass is 16.5. The van der Waals surface area contributed by atoms with Crippen LogP contribution in [0.3, 0.4) is 0 Å². The van der Waals surface area contributed by atoms with Gasteiger partial charge >= 0.3 is 5.97 Å². The molecule has 1 aromatic rings. The zero-order valence-electron chi connectivity index (χ0n) is 9.38. The summed E-state index contributed by atoms with van der Waals surface area (Å²) in [5.74, 6) is -1.11. The van der Waals surface area contributed by atoms with Crippen LogP contribution in [-0.4, -0.2) is 39.8 Å². The number of aromatic carboxylic acids is 1. The number of carboxylic acids is 1. The van der Waals surface area contributed by atoms with E-state index in [1.165, 1.54) is 0 Å². The lowest BCUT2D eigenvalue weighted by molar-refractivity contribution is 0.0689. The van der Waals surface area contributed by atoms with Crippen LogP contribution in [0.25, 0.3) is 0 Å². The molecule has 1 aromatic heterocycles. The Balaban J connectivity index is 2.91. The van der Waals surface area contributed by atoms with Crippen LogP contribution >= 0.6 is 0 Å². The minimum Gasteiger partial charge on any atom is -0.476 e. The average Bonchev–Trinajstić information content (AvgIpc) is 2.69. The van der Waals surface area contributed by atoms with Gasteiger partial charge in [0.2, 0.25) is 0 Å². The minimum atomic E-state index is -1.11. The second kappa shape index (κ2) is 5.57. The summed E-state index contributed by atoms with van der Waals surface area (Å²) in [7, 11) is 1.61. The standard InChI is InChI=1S/C9H16N4O3/c1-6(3-4-16-2)13-7(5-10)8(9(14)15)11-12-13/h6H,3-5,10H2,1-2H3,(H,14,15). The number of ether oxygens (including phenoxy) is 1. The summed E-state index contributed by atoms with van der Waals surface area (Å²) in [6.07, 6.45) is 0.728. The molecule has 1 atom stereocenters. The molecule has 1 rings (SSSR count). The summed E-state index contributed by atoms with van der Waals surface area (Å²) in [4.78, 5) is 10.8. The molecule has 90 valence electrons. The van der Waals surface area contributed by atoms with Gasteiger partial charge < -0.3 is 15.6 Å². The first-order valence-electron chi connectivity index (χ1n) is 4.98. The summed E-state index contributed by atoms with van der Waals surface area (Å²) in [5.41, 5.74) is 5.87. The lowest BCUT2D eigenvalue weighted by Gasteiger charge is -2.13. The highest BCUT2D eigenvalue weighted by Crippen LogP contribution is 2.14. The number of carboxylic acid groups (broad SMARTS) is 1. The number of methoxy groups -OCH3 is 1. The molecule has 16 heavy (non-hydrogen) atoms. The van der Waals surface area contributed by atoms with E-state index in [2.05, 4.69) is 10.3 Å². The molecule has 0 aliphatic carbocycles. The Kier molecular flexibility index (Phi) is 4.39. The normalized spacial score (nSPS) is 12.7. The van der Waals surface area contributed by atoms with E-state index in [1.807, 2.05) is 6.92 Å². The van der Waals surface area contributed by atoms with Crippen LogP contribution in [0.4, 0.5) is 0 Å². The van der Waals surface area contributed by atoms with E-state index in [1.54, 1.807) is 11.8 Å². The fourth-order valence-corrected chi connectivity index (χ4v) is 1.43. The second-order valence-electron chi connectivity index (χ2n) is 3.47. The van der Waals surface area contributed by atoms with Crippen molar-refractivity contribution in [3.8, 4) is 0 Å². The first-order chi connectivity index (χ1) is 7.61. The molecule has 0 saturated heterocycles. The Morgan fingerprint density at radius 1 is 1.69 bits per heavy atom. The highest BCUT2D eigenvalue weighted by Gasteiger charge is 2.20. The summed E-state index contributed by atoms with van der Waals surface area (Å²) < 4.78 is 6.50. The van der Waals surface area contributed by atoms with Crippen molar-refractivity contribution in [2.24, 2.45) is 5.73 Å². The zero-order chi connectivity index (χ0) is 12.1. The van der Waals surface area contributed by atoms with E-state index in [-0.39, 0.29) is 18.3 Å². The Morgan fingerprint density at radius 3 is 2.88 bits per heavy atom. The lowest BCUT2D eigenvalue weighted by Crippen LogP contribution is -2.16. The summed E-state index contributed by atoms with van der Waals surface area (Å²) >= 11 is 0. The summed E-state index contributed by atoms with van der Waals surface area (Å²) in [6.45, 7) is 2.60. The van der Waals surface area contributed by atoms with Gasteiger partial charge in [-0.3, -0.25) is 0 Å². The summed E-state index contributed by atoms with van der Waals surface area (Å²) in [6, 6.07) is 0.0131. The molecule has 0 aliphatic heterocycles. The van der Waals surface area contributed by atoms with E-state index in [0.717, 1.165) is 6.42 Å². The fraction of sp³-hybridized carbons (Fsp3) is 0.667. The Labute approximate surface area is 93.2 Å². The van der Waals surface area contributed by atoms with Crippen molar-refractivity contribution in [2.45, 2.75) is 25.9 Å². The molecule has 7 nitrogen and oxygen atoms in total. The number of nitrogens with zero attached hydrogens (tertiary/aromatic N) is 3. The first kappa shape index (κ1) is 12.6. The maximum absolute atomic E-state index is 10.8. The van der Waals surface area contributed by atoms with Gasteiger partial charge in [0, 0.05) is 20.3 Å². The van der Waals surface area contributed by atoms with Crippen LogP contribution in [0.1, 0.15) is 35.6 Å². The van der Waals surface area contributed by atoms with Crippen molar-refractivity contribution in [3.05, 3.63) is 11.4 Å². The van der Waals surface area contributed by atoms with E-state index < -0.39 is 5.97 Å². The van der Waals surface area contributed by atoms with E-state index in [4.69, 9.17) is 15.6 Å². The number of carbonyl (C=O) groups is 1. The van der Waals surface area contributed by atoms with Gasteiger partial charge in [0.15, 0.2) is 5.69 Å². The quantitative estimate of drug-likeness (QED) is 0.712. The monoisotopic (exact) mass is 228 g/mol. The fourth-order valence-electron chi connectivity index (χ4n) is 1.43. The molecule has 3 N–H and O–H groups in total. The van der Waals surface area contributed by atoms with Crippen LogP contribution in [0.2, 0.25) is 0 Å². The number of aromatic nitrogens is 3. The van der Waals surface area contributed by atoms with Crippen LogP contribution in [-0.2, 0) is 11.3 Å². The highest BCUT2D eigenvalue weighted by molar-refractivity contribution is 5.86. The summed E-state index contributed by atoms with van der Waals surface area (Å²) in [5, 5.41) is 16.3. The van der Waals surface area contributed by atoms with Gasteiger partial charge in [-0.2, -0.15) is 0 Å². The van der Waals surface area contributed by atoms with Crippen molar-refractivity contribution in [2.75, 3.05) is 13.7 Å². The lowest BCUT2D eigenvalue weighted by atomic mass is 10.2. The molecule has 0 spiro atoms. The number of hydrogen-bond donors (Lipinski definition) is 2. The predicted molar refractivity (Wildman–Crippen MR) is 56.1 cm³/mol. The molecule has 0 aromatic carbocycles. The minimum absolute atomic E-state index is 0.0131. The van der Waals surface area contributed by atoms with Gasteiger partial charge in [0.25, 0.3) is 0 Å². The topological polar surface area (TPSA) is 103 Å². The SMILES string of the molecule is COCCC(C)n1nnc(C(=O)O)c1CN. The van der Waals surface area contributed by atoms with Crippen molar-refractivity contribution >= 4 is 5.97 Å². The molecular formula is C9H16N4O3. The first-order valence-corrected chi connectivity index (χ1v) is 4.98. The van der Waals surface area contributed by atoms with Gasteiger partial charge in [0.1, 0.15) is 0 Å². The van der Waals surface area contributed by atoms with Crippen LogP contribution in [0.15, 0.2) is 0 Å². The van der Waals surface area contributed by atoms with Crippen LogP contribution in [0, 0.1) is 0 Å². The van der Waals surface area contributed by atoms with Crippen molar-refractivity contribution in [1.29, 1.82) is 0 Å². The molecule has 0 saturated carbocycles. The van der Waals surface area contributed by atoms with E-state index in [9.17, 15) is 4.79 Å². The van der Waals surface area contributed by atoms with Gasteiger partial charge in [-0.15, -0.1) is 5.10 Å². The van der Waals surface area contributed by atoms with Gasteiger partial charge in [-0.05, 0) is 13.3 Å². The number of nitrogens with two attached hydrogens (primary N) is 1. The average molecular weight is 228 g/mol. The third-order valence-corrected chi connectivity index (χ3v) is 2.34. The third kappa shape index (κ3) is 2.56. The molecule has 0 fully saturated rings. The molecule has 0 amide bonds. The smallest absolute Gasteiger partial charge is 0.358 e. The molecule has 7 heteroatoms. The van der Waals surface area contributed by atoms with Gasteiger partial charge in [-0.1, -0.05) is 5.21 Å². The van der Waals surface area contributed by atoms with Crippen LogP contribution in [0.5, 0.6) is 0 Å². The van der Waals surface area contributed by atoms with Crippen LogP contribution < -0.4 is 5.73 Å². The van der Waals surface area contributed by atoms with E-state index >= 15 is 0 Å². The molecule has 0 radical (unpaired) electrons. The third-order valence-electron chi connectivity index (χ3n) is 2.34. The van der Waals surface area contributed by atoms with E-state index in [0.29, 0.717) is 12.3 Å². The number of rotatable bonds is 6.